The molecule has 0 unspecified atom stereocenters. The predicted octanol–water partition coefficient (Wildman–Crippen LogP) is 6.18. The average Bonchev–Trinajstić information content (AvgIpc) is 2.51. The molecule has 0 heterocycles. The van der Waals surface area contributed by atoms with Crippen LogP contribution in [-0.4, -0.2) is 12.1 Å². The van der Waals surface area contributed by atoms with E-state index < -0.39 is 0 Å². The summed E-state index contributed by atoms with van der Waals surface area (Å²) in [7, 11) is 0. The molecule has 0 amide bonds. The Hall–Kier alpha value is -0.920. The summed E-state index contributed by atoms with van der Waals surface area (Å²) in [5.74, 6) is 0.0904. The summed E-state index contributed by atoms with van der Waals surface area (Å²) in [5, 5.41) is 0. The van der Waals surface area contributed by atoms with Gasteiger partial charge in [-0.3, -0.25) is 4.79 Å². The van der Waals surface area contributed by atoms with Gasteiger partial charge in [-0.25, -0.2) is 0 Å². The van der Waals surface area contributed by atoms with Crippen LogP contribution in [0.1, 0.15) is 103 Å². The van der Waals surface area contributed by atoms with E-state index in [0.717, 1.165) is 12.8 Å². The molecule has 0 aliphatic carbocycles. The molecule has 0 radical (unpaired) electrons. The molecule has 0 aliphatic heterocycles. The average molecular weight is 309 g/mol. The van der Waals surface area contributed by atoms with Gasteiger partial charge in [0.15, 0.2) is 0 Å². The van der Waals surface area contributed by atoms with Crippen LogP contribution in [0.2, 0.25) is 0 Å². The molecule has 0 spiro atoms. The maximum atomic E-state index is 11.1. The normalized spacial score (nSPS) is 11.1. The summed E-state index contributed by atoms with van der Waals surface area (Å²) in [4.78, 5) is 21.3. The highest BCUT2D eigenvalue weighted by Crippen LogP contribution is 2.10. The lowest BCUT2D eigenvalue weighted by atomic mass is 10.1. The molecule has 0 fully saturated rings. The van der Waals surface area contributed by atoms with Crippen molar-refractivity contribution in [2.45, 2.75) is 103 Å². The molecular formula is C20H36O2. The van der Waals surface area contributed by atoms with E-state index in [1.165, 1.54) is 70.6 Å². The van der Waals surface area contributed by atoms with Crippen molar-refractivity contribution >= 4 is 12.1 Å². The minimum absolute atomic E-state index is 0.0904. The van der Waals surface area contributed by atoms with E-state index in [1.54, 1.807) is 0 Å². The summed E-state index contributed by atoms with van der Waals surface area (Å²) >= 11 is 0. The van der Waals surface area contributed by atoms with Crippen molar-refractivity contribution in [3.63, 3.8) is 0 Å². The van der Waals surface area contributed by atoms with Crippen molar-refractivity contribution in [1.29, 1.82) is 0 Å². The summed E-state index contributed by atoms with van der Waals surface area (Å²) in [6.07, 6.45) is 22.5. The van der Waals surface area contributed by atoms with Gasteiger partial charge in [0.1, 0.15) is 12.1 Å². The van der Waals surface area contributed by atoms with E-state index in [0.29, 0.717) is 12.7 Å². The van der Waals surface area contributed by atoms with E-state index in [2.05, 4.69) is 19.1 Å². The van der Waals surface area contributed by atoms with Crippen LogP contribution in [0.25, 0.3) is 0 Å². The Labute approximate surface area is 137 Å². The molecule has 0 N–H and O–H groups in total. The first-order valence-corrected chi connectivity index (χ1v) is 9.41. The molecule has 0 bridgehead atoms. The van der Waals surface area contributed by atoms with Crippen molar-refractivity contribution in [3.05, 3.63) is 12.2 Å². The zero-order valence-corrected chi connectivity index (χ0v) is 14.7. The molecule has 0 rings (SSSR count). The Kier molecular flexibility index (Phi) is 17.4. The van der Waals surface area contributed by atoms with Gasteiger partial charge in [-0.2, -0.15) is 0 Å². The molecule has 0 aromatic carbocycles. The summed E-state index contributed by atoms with van der Waals surface area (Å²) < 4.78 is 0. The second-order valence-corrected chi connectivity index (χ2v) is 6.24. The van der Waals surface area contributed by atoms with Crippen molar-refractivity contribution in [1.82, 2.24) is 0 Å². The van der Waals surface area contributed by atoms with Crippen LogP contribution in [0.5, 0.6) is 0 Å². The molecule has 2 nitrogen and oxygen atoms in total. The van der Waals surface area contributed by atoms with Gasteiger partial charge >= 0.3 is 0 Å². The summed E-state index contributed by atoms with van der Waals surface area (Å²) in [6.45, 7) is 2.26. The number of Topliss-reactive ketones (excluding diaryl/α,β-unsaturated/α-hetero) is 1. The SMILES string of the molecule is CCCCCCCC/C=C\CCCCCCCC(=O)CC=O. The lowest BCUT2D eigenvalue weighted by Gasteiger charge is -2.00. The Balaban J connectivity index is 3.14. The van der Waals surface area contributed by atoms with E-state index in [1.807, 2.05) is 0 Å². The number of aldehydes is 1. The van der Waals surface area contributed by atoms with E-state index in [9.17, 15) is 9.59 Å². The van der Waals surface area contributed by atoms with Crippen LogP contribution < -0.4 is 0 Å². The smallest absolute Gasteiger partial charge is 0.139 e. The lowest BCUT2D eigenvalue weighted by Crippen LogP contribution is -1.97. The zero-order chi connectivity index (χ0) is 16.3. The maximum absolute atomic E-state index is 11.1. The molecule has 128 valence electrons. The minimum atomic E-state index is 0.0904. The summed E-state index contributed by atoms with van der Waals surface area (Å²) in [6, 6.07) is 0. The third-order valence-corrected chi connectivity index (χ3v) is 4.03. The maximum Gasteiger partial charge on any atom is 0.139 e. The van der Waals surface area contributed by atoms with E-state index >= 15 is 0 Å². The third-order valence-electron chi connectivity index (χ3n) is 4.03. The van der Waals surface area contributed by atoms with Crippen LogP contribution in [-0.2, 0) is 9.59 Å². The monoisotopic (exact) mass is 308 g/mol. The second-order valence-electron chi connectivity index (χ2n) is 6.24. The predicted molar refractivity (Wildman–Crippen MR) is 95.1 cm³/mol. The Morgan fingerprint density at radius 2 is 1.23 bits per heavy atom. The fourth-order valence-corrected chi connectivity index (χ4v) is 2.59. The van der Waals surface area contributed by atoms with E-state index in [-0.39, 0.29) is 12.2 Å². The number of carbonyl (C=O) groups is 2. The molecule has 0 atom stereocenters. The lowest BCUT2D eigenvalue weighted by molar-refractivity contribution is -0.122. The molecule has 0 aromatic rings. The quantitative estimate of drug-likeness (QED) is 0.139. The molecule has 0 saturated carbocycles. The number of ketones is 1. The first kappa shape index (κ1) is 21.1. The fraction of sp³-hybridized carbons (Fsp3) is 0.800. The first-order chi connectivity index (χ1) is 10.8. The molecule has 0 saturated heterocycles. The molecule has 0 aliphatic rings. The number of unbranched alkanes of at least 4 members (excludes halogenated alkanes) is 11. The van der Waals surface area contributed by atoms with Gasteiger partial charge in [-0.05, 0) is 32.1 Å². The van der Waals surface area contributed by atoms with Crippen LogP contribution >= 0.6 is 0 Å². The zero-order valence-electron chi connectivity index (χ0n) is 14.7. The standard InChI is InChI=1S/C20H36O2/c1-2-3-4-5-6-7-8-9-10-11-12-13-14-15-16-17-20(22)18-19-21/h9-10,19H,2-8,11-18H2,1H3/b10-9-. The van der Waals surface area contributed by atoms with E-state index in [4.69, 9.17) is 0 Å². The third kappa shape index (κ3) is 17.1. The fourth-order valence-electron chi connectivity index (χ4n) is 2.59. The van der Waals surface area contributed by atoms with Gasteiger partial charge in [0, 0.05) is 6.42 Å². The highest BCUT2D eigenvalue weighted by atomic mass is 16.1. The van der Waals surface area contributed by atoms with Crippen molar-refractivity contribution in [2.75, 3.05) is 0 Å². The van der Waals surface area contributed by atoms with Gasteiger partial charge < -0.3 is 4.79 Å². The van der Waals surface area contributed by atoms with Gasteiger partial charge in [0.25, 0.3) is 0 Å². The Bertz CT molecular complexity index is 281. The largest absolute Gasteiger partial charge is 0.303 e. The van der Waals surface area contributed by atoms with Gasteiger partial charge in [-0.15, -0.1) is 0 Å². The number of rotatable bonds is 17. The topological polar surface area (TPSA) is 34.1 Å². The molecular weight excluding hydrogens is 272 g/mol. The highest BCUT2D eigenvalue weighted by Gasteiger charge is 1.99. The minimum Gasteiger partial charge on any atom is -0.303 e. The Morgan fingerprint density at radius 3 is 1.77 bits per heavy atom. The van der Waals surface area contributed by atoms with Crippen LogP contribution in [0, 0.1) is 0 Å². The van der Waals surface area contributed by atoms with Crippen LogP contribution in [0.15, 0.2) is 12.2 Å². The van der Waals surface area contributed by atoms with Crippen molar-refractivity contribution < 1.29 is 9.59 Å². The Morgan fingerprint density at radius 1 is 0.727 bits per heavy atom. The second kappa shape index (κ2) is 18.1. The van der Waals surface area contributed by atoms with Crippen molar-refractivity contribution in [2.24, 2.45) is 0 Å². The number of allylic oxidation sites excluding steroid dienone is 2. The first-order valence-electron chi connectivity index (χ1n) is 9.41. The highest BCUT2D eigenvalue weighted by molar-refractivity contribution is 5.89. The number of carbonyl (C=O) groups excluding carboxylic acids is 2. The number of hydrogen-bond acceptors (Lipinski definition) is 2. The molecule has 22 heavy (non-hydrogen) atoms. The van der Waals surface area contributed by atoms with Gasteiger partial charge in [-0.1, -0.05) is 70.4 Å². The van der Waals surface area contributed by atoms with Gasteiger partial charge in [0.05, 0.1) is 6.42 Å². The molecule has 0 aromatic heterocycles. The molecule has 2 heteroatoms. The van der Waals surface area contributed by atoms with Crippen LogP contribution in [0.4, 0.5) is 0 Å². The van der Waals surface area contributed by atoms with Gasteiger partial charge in [0.2, 0.25) is 0 Å². The number of hydrogen-bond donors (Lipinski definition) is 0. The summed E-state index contributed by atoms with van der Waals surface area (Å²) in [5.41, 5.74) is 0. The van der Waals surface area contributed by atoms with Crippen molar-refractivity contribution in [3.8, 4) is 0 Å². The van der Waals surface area contributed by atoms with Crippen LogP contribution in [0.3, 0.4) is 0 Å².